The molecule has 1 N–H and O–H groups in total. The Labute approximate surface area is 110 Å². The van der Waals surface area contributed by atoms with Crippen LogP contribution in [0.1, 0.15) is 0 Å². The lowest BCUT2D eigenvalue weighted by Crippen LogP contribution is -1.95. The summed E-state index contributed by atoms with van der Waals surface area (Å²) in [7, 11) is 4.74. The summed E-state index contributed by atoms with van der Waals surface area (Å²) in [6.45, 7) is 0. The van der Waals surface area contributed by atoms with Crippen LogP contribution in [0.15, 0.2) is 18.3 Å². The van der Waals surface area contributed by atoms with E-state index in [0.29, 0.717) is 22.5 Å². The van der Waals surface area contributed by atoms with Crippen LogP contribution >= 0.6 is 11.6 Å². The number of nitrogens with zero attached hydrogens (tertiary/aromatic N) is 1. The van der Waals surface area contributed by atoms with Gasteiger partial charge in [0.05, 0.1) is 38.8 Å². The van der Waals surface area contributed by atoms with E-state index in [2.05, 4.69) is 9.97 Å². The predicted octanol–water partition coefficient (Wildman–Crippen LogP) is 2.76. The van der Waals surface area contributed by atoms with Crippen molar-refractivity contribution < 1.29 is 14.2 Å². The average Bonchev–Trinajstić information content (AvgIpc) is 2.83. The molecule has 1 aromatic carbocycles. The molecule has 0 spiro atoms. The molecule has 0 aliphatic rings. The summed E-state index contributed by atoms with van der Waals surface area (Å²) in [5.41, 5.74) is 1.47. The van der Waals surface area contributed by atoms with Crippen molar-refractivity contribution in [3.05, 3.63) is 23.6 Å². The van der Waals surface area contributed by atoms with Crippen molar-refractivity contribution in [2.24, 2.45) is 0 Å². The second-order valence-corrected chi connectivity index (χ2v) is 3.85. The number of halogens is 1. The lowest BCUT2D eigenvalue weighted by molar-refractivity contribution is 0.377. The molecule has 0 fully saturated rings. The topological polar surface area (TPSA) is 56.4 Å². The maximum absolute atomic E-state index is 5.79. The first-order chi connectivity index (χ1) is 8.69. The minimum Gasteiger partial charge on any atom is -0.496 e. The van der Waals surface area contributed by atoms with Crippen molar-refractivity contribution in [1.29, 1.82) is 0 Å². The molecule has 5 nitrogen and oxygen atoms in total. The zero-order chi connectivity index (χ0) is 13.1. The van der Waals surface area contributed by atoms with Gasteiger partial charge in [0, 0.05) is 12.1 Å². The van der Waals surface area contributed by atoms with Crippen LogP contribution in [-0.4, -0.2) is 31.3 Å². The Kier molecular flexibility index (Phi) is 3.62. The second-order valence-electron chi connectivity index (χ2n) is 3.49. The number of imidazole rings is 1. The molecular weight excluding hydrogens is 256 g/mol. The Morgan fingerprint density at radius 1 is 1.06 bits per heavy atom. The molecule has 2 rings (SSSR count). The number of benzene rings is 1. The van der Waals surface area contributed by atoms with Gasteiger partial charge in [0.2, 0.25) is 0 Å². The van der Waals surface area contributed by atoms with E-state index in [1.807, 2.05) is 0 Å². The molecule has 0 radical (unpaired) electrons. The lowest BCUT2D eigenvalue weighted by Gasteiger charge is -2.13. The van der Waals surface area contributed by atoms with E-state index < -0.39 is 0 Å². The number of hydrogen-bond acceptors (Lipinski definition) is 4. The van der Waals surface area contributed by atoms with Crippen molar-refractivity contribution in [3.63, 3.8) is 0 Å². The van der Waals surface area contributed by atoms with Crippen LogP contribution in [-0.2, 0) is 0 Å². The van der Waals surface area contributed by atoms with Crippen LogP contribution in [0.4, 0.5) is 0 Å². The molecule has 0 aliphatic carbocycles. The molecule has 0 saturated carbocycles. The Morgan fingerprint density at radius 2 is 1.67 bits per heavy atom. The summed E-state index contributed by atoms with van der Waals surface area (Å²) in [6.07, 6.45) is 1.62. The van der Waals surface area contributed by atoms with Gasteiger partial charge < -0.3 is 19.2 Å². The molecule has 0 bridgehead atoms. The standard InChI is InChI=1S/C12H13ClN2O3/c1-16-7-4-9(17-2)11(10(5-7)18-3)8-6-14-12(13)15-8/h4-6H,1-3H3,(H,14,15). The maximum atomic E-state index is 5.79. The summed E-state index contributed by atoms with van der Waals surface area (Å²) in [6, 6.07) is 3.54. The Hall–Kier alpha value is -1.88. The molecular formula is C12H13ClN2O3. The average molecular weight is 269 g/mol. The van der Waals surface area contributed by atoms with E-state index in [1.165, 1.54) is 0 Å². The largest absolute Gasteiger partial charge is 0.496 e. The van der Waals surface area contributed by atoms with Gasteiger partial charge in [-0.2, -0.15) is 0 Å². The van der Waals surface area contributed by atoms with Crippen LogP contribution in [0.3, 0.4) is 0 Å². The van der Waals surface area contributed by atoms with Gasteiger partial charge in [-0.3, -0.25) is 0 Å². The Bertz CT molecular complexity index is 529. The highest BCUT2D eigenvalue weighted by atomic mass is 35.5. The van der Waals surface area contributed by atoms with Gasteiger partial charge in [0.15, 0.2) is 5.28 Å². The minimum absolute atomic E-state index is 0.310. The van der Waals surface area contributed by atoms with E-state index in [0.717, 1.165) is 11.3 Å². The fourth-order valence-corrected chi connectivity index (χ4v) is 1.85. The maximum Gasteiger partial charge on any atom is 0.200 e. The molecule has 0 atom stereocenters. The fourth-order valence-electron chi connectivity index (χ4n) is 1.70. The van der Waals surface area contributed by atoms with E-state index in [4.69, 9.17) is 25.8 Å². The molecule has 6 heteroatoms. The Morgan fingerprint density at radius 3 is 2.06 bits per heavy atom. The van der Waals surface area contributed by atoms with Crippen molar-refractivity contribution in [1.82, 2.24) is 9.97 Å². The third-order valence-corrected chi connectivity index (χ3v) is 2.72. The predicted molar refractivity (Wildman–Crippen MR) is 68.7 cm³/mol. The second kappa shape index (κ2) is 5.18. The highest BCUT2D eigenvalue weighted by Crippen LogP contribution is 2.41. The first-order valence-corrected chi connectivity index (χ1v) is 5.58. The van der Waals surface area contributed by atoms with Gasteiger partial charge in [0.25, 0.3) is 0 Å². The summed E-state index contributed by atoms with van der Waals surface area (Å²) in [4.78, 5) is 6.89. The van der Waals surface area contributed by atoms with Crippen LogP contribution in [0.5, 0.6) is 17.2 Å². The normalized spacial score (nSPS) is 10.2. The number of aromatic nitrogens is 2. The van der Waals surface area contributed by atoms with E-state index >= 15 is 0 Å². The first-order valence-electron chi connectivity index (χ1n) is 5.20. The monoisotopic (exact) mass is 268 g/mol. The summed E-state index contributed by atoms with van der Waals surface area (Å²) < 4.78 is 15.9. The summed E-state index contributed by atoms with van der Waals surface area (Å²) >= 11 is 5.79. The van der Waals surface area contributed by atoms with E-state index in [-0.39, 0.29) is 0 Å². The van der Waals surface area contributed by atoms with E-state index in [9.17, 15) is 0 Å². The van der Waals surface area contributed by atoms with Crippen molar-refractivity contribution >= 4 is 11.6 Å². The molecule has 0 unspecified atom stereocenters. The molecule has 1 heterocycles. The molecule has 96 valence electrons. The van der Waals surface area contributed by atoms with Gasteiger partial charge in [-0.1, -0.05) is 0 Å². The summed E-state index contributed by atoms with van der Waals surface area (Å²) in [5.74, 6) is 1.89. The SMILES string of the molecule is COc1cc(OC)c(-c2cnc(Cl)[nH]2)c(OC)c1. The van der Waals surface area contributed by atoms with Gasteiger partial charge in [0.1, 0.15) is 17.2 Å². The van der Waals surface area contributed by atoms with Gasteiger partial charge in [-0.15, -0.1) is 0 Å². The number of hydrogen-bond donors (Lipinski definition) is 1. The highest BCUT2D eigenvalue weighted by Gasteiger charge is 2.16. The van der Waals surface area contributed by atoms with Crippen molar-refractivity contribution in [2.45, 2.75) is 0 Å². The quantitative estimate of drug-likeness (QED) is 0.926. The number of rotatable bonds is 4. The molecule has 0 amide bonds. The van der Waals surface area contributed by atoms with Crippen LogP contribution < -0.4 is 14.2 Å². The number of nitrogens with one attached hydrogen (secondary N) is 1. The van der Waals surface area contributed by atoms with Crippen LogP contribution in [0, 0.1) is 0 Å². The molecule has 18 heavy (non-hydrogen) atoms. The zero-order valence-electron chi connectivity index (χ0n) is 10.3. The number of ether oxygens (including phenoxy) is 3. The number of H-pyrrole nitrogens is 1. The third-order valence-electron chi connectivity index (χ3n) is 2.53. The third kappa shape index (κ3) is 2.22. The minimum atomic E-state index is 0.310. The zero-order valence-corrected chi connectivity index (χ0v) is 11.0. The highest BCUT2D eigenvalue weighted by molar-refractivity contribution is 6.28. The molecule has 0 saturated heterocycles. The van der Waals surface area contributed by atoms with E-state index in [1.54, 1.807) is 39.7 Å². The number of aromatic amines is 1. The first kappa shape index (κ1) is 12.6. The van der Waals surface area contributed by atoms with Crippen molar-refractivity contribution in [2.75, 3.05) is 21.3 Å². The fraction of sp³-hybridized carbons (Fsp3) is 0.250. The smallest absolute Gasteiger partial charge is 0.200 e. The Balaban J connectivity index is 2.63. The van der Waals surface area contributed by atoms with Gasteiger partial charge >= 0.3 is 0 Å². The molecule has 2 aromatic rings. The van der Waals surface area contributed by atoms with Gasteiger partial charge in [-0.25, -0.2) is 4.98 Å². The van der Waals surface area contributed by atoms with Crippen LogP contribution in [0.25, 0.3) is 11.3 Å². The molecule has 0 aliphatic heterocycles. The van der Waals surface area contributed by atoms with Crippen molar-refractivity contribution in [3.8, 4) is 28.5 Å². The van der Waals surface area contributed by atoms with Crippen LogP contribution in [0.2, 0.25) is 5.28 Å². The lowest BCUT2D eigenvalue weighted by atomic mass is 10.1. The van der Waals surface area contributed by atoms with Gasteiger partial charge in [-0.05, 0) is 11.6 Å². The summed E-state index contributed by atoms with van der Waals surface area (Å²) in [5, 5.41) is 0.310. The molecule has 1 aromatic heterocycles. The number of methoxy groups -OCH3 is 3.